The Morgan fingerprint density at radius 2 is 1.60 bits per heavy atom. The van der Waals surface area contributed by atoms with Crippen LogP contribution in [0.1, 0.15) is 52.5 Å². The average molecular weight is 484 g/mol. The normalized spacial score (nSPS) is 12.9. The predicted octanol–water partition coefficient (Wildman–Crippen LogP) is 7.06. The van der Waals surface area contributed by atoms with Crippen molar-refractivity contribution in [3.63, 3.8) is 0 Å². The molecule has 2 aromatic carbocycles. The maximum Gasteiger partial charge on any atom is 0.261 e. The Balaban J connectivity index is 1.38. The molecule has 0 amide bonds. The molecule has 0 saturated heterocycles. The van der Waals surface area contributed by atoms with Crippen LogP contribution in [0.25, 0.3) is 11.1 Å². The molecule has 0 aliphatic rings. The van der Waals surface area contributed by atoms with E-state index in [-0.39, 0.29) is 5.04 Å². The van der Waals surface area contributed by atoms with Crippen LogP contribution in [0.5, 0.6) is 0 Å². The monoisotopic (exact) mass is 483 g/mol. The highest BCUT2D eigenvalue weighted by molar-refractivity contribution is 6.99. The quantitative estimate of drug-likeness (QED) is 0.138. The summed E-state index contributed by atoms with van der Waals surface area (Å²) >= 11 is 0. The van der Waals surface area contributed by atoms with Crippen molar-refractivity contribution in [1.82, 2.24) is 4.98 Å². The molecule has 0 N–H and O–H groups in total. The van der Waals surface area contributed by atoms with E-state index < -0.39 is 8.32 Å². The van der Waals surface area contributed by atoms with Gasteiger partial charge in [-0.05, 0) is 65.7 Å². The maximum absolute atomic E-state index is 7.01. The first-order chi connectivity index (χ1) is 16.9. The van der Waals surface area contributed by atoms with Gasteiger partial charge in [-0.25, -0.2) is 4.98 Å². The van der Waals surface area contributed by atoms with Gasteiger partial charge < -0.3 is 8.84 Å². The van der Waals surface area contributed by atoms with Crippen LogP contribution in [-0.4, -0.2) is 19.9 Å². The predicted molar refractivity (Wildman–Crippen MR) is 149 cm³/mol. The van der Waals surface area contributed by atoms with Crippen LogP contribution in [0.4, 0.5) is 0 Å². The summed E-state index contributed by atoms with van der Waals surface area (Å²) in [6.07, 6.45) is 10.1. The summed E-state index contributed by atoms with van der Waals surface area (Å²) < 4.78 is 12.4. The Morgan fingerprint density at radius 1 is 0.943 bits per heavy atom. The summed E-state index contributed by atoms with van der Waals surface area (Å²) in [7, 11) is -2.43. The Labute approximate surface area is 211 Å². The van der Waals surface area contributed by atoms with Gasteiger partial charge in [-0.3, -0.25) is 0 Å². The molecule has 35 heavy (non-hydrogen) atoms. The molecule has 3 nitrogen and oxygen atoms in total. The van der Waals surface area contributed by atoms with Crippen molar-refractivity contribution >= 4 is 29.8 Å². The number of hydrogen-bond donors (Lipinski definition) is 0. The molecular weight excluding hydrogens is 446 g/mol. The van der Waals surface area contributed by atoms with E-state index in [9.17, 15) is 0 Å². The first-order valence-electron chi connectivity index (χ1n) is 12.6. The van der Waals surface area contributed by atoms with Crippen LogP contribution < -0.4 is 10.4 Å². The summed E-state index contributed by atoms with van der Waals surface area (Å²) in [6.45, 7) is 10.0. The van der Waals surface area contributed by atoms with E-state index in [1.807, 2.05) is 12.3 Å². The van der Waals surface area contributed by atoms with Gasteiger partial charge in [-0.15, -0.1) is 0 Å². The van der Waals surface area contributed by atoms with E-state index >= 15 is 0 Å². The maximum atomic E-state index is 7.01. The molecule has 4 aromatic rings. The molecule has 0 saturated carbocycles. The summed E-state index contributed by atoms with van der Waals surface area (Å²) in [5.74, 6) is 0. The lowest BCUT2D eigenvalue weighted by molar-refractivity contribution is 0.288. The van der Waals surface area contributed by atoms with Crippen LogP contribution in [0.2, 0.25) is 5.04 Å². The van der Waals surface area contributed by atoms with E-state index in [2.05, 4.69) is 105 Å². The number of fused-ring (bicyclic) bond motifs is 1. The number of hydrogen-bond acceptors (Lipinski definition) is 3. The summed E-state index contributed by atoms with van der Waals surface area (Å²) in [4.78, 5) is 4.39. The van der Waals surface area contributed by atoms with E-state index in [4.69, 9.17) is 8.84 Å². The molecule has 0 aliphatic carbocycles. The van der Waals surface area contributed by atoms with Crippen molar-refractivity contribution in [3.05, 3.63) is 102 Å². The van der Waals surface area contributed by atoms with Crippen LogP contribution in [0.3, 0.4) is 0 Å². The molecule has 182 valence electrons. The van der Waals surface area contributed by atoms with Crippen LogP contribution in [0.15, 0.2) is 101 Å². The first-order valence-corrected chi connectivity index (χ1v) is 14.5. The van der Waals surface area contributed by atoms with Gasteiger partial charge in [0.2, 0.25) is 5.71 Å². The molecular formula is C31H37NO2Si. The fourth-order valence-corrected chi connectivity index (χ4v) is 9.51. The zero-order valence-corrected chi connectivity index (χ0v) is 22.5. The van der Waals surface area contributed by atoms with E-state index in [1.165, 1.54) is 21.5 Å². The van der Waals surface area contributed by atoms with Gasteiger partial charge in [0, 0.05) is 18.2 Å². The van der Waals surface area contributed by atoms with Crippen LogP contribution >= 0.6 is 0 Å². The lowest BCUT2D eigenvalue weighted by Gasteiger charge is -2.43. The lowest BCUT2D eigenvalue weighted by Crippen LogP contribution is -2.66. The minimum atomic E-state index is -2.43. The number of aromatic nitrogens is 1. The topological polar surface area (TPSA) is 35.3 Å². The third-order valence-electron chi connectivity index (χ3n) is 6.75. The molecule has 2 aromatic heterocycles. The van der Waals surface area contributed by atoms with E-state index in [1.54, 1.807) is 6.26 Å². The van der Waals surface area contributed by atoms with Crippen molar-refractivity contribution in [2.75, 3.05) is 6.61 Å². The van der Waals surface area contributed by atoms with Crippen molar-refractivity contribution < 1.29 is 8.84 Å². The first kappa shape index (κ1) is 25.1. The third kappa shape index (κ3) is 5.83. The number of nitrogens with zero attached hydrogens (tertiary/aromatic N) is 1. The van der Waals surface area contributed by atoms with Crippen molar-refractivity contribution in [1.29, 1.82) is 0 Å². The van der Waals surface area contributed by atoms with Gasteiger partial charge in [0.1, 0.15) is 0 Å². The summed E-state index contributed by atoms with van der Waals surface area (Å²) in [5, 5.41) is 3.78. The van der Waals surface area contributed by atoms with E-state index in [0.717, 1.165) is 37.7 Å². The molecule has 0 atom stereocenters. The van der Waals surface area contributed by atoms with Crippen molar-refractivity contribution in [2.24, 2.45) is 0 Å². The fraction of sp³-hybridized carbons (Fsp3) is 0.323. The average Bonchev–Trinajstić information content (AvgIpc) is 3.33. The Kier molecular flexibility index (Phi) is 8.04. The SMILES string of the molecule is C/C(=C\Cc1cnc2occc2c1)CCCCO[Si](c1ccccc1)(c1ccccc1)C(C)(C)C. The smallest absolute Gasteiger partial charge is 0.261 e. The second-order valence-corrected chi connectivity index (χ2v) is 14.7. The van der Waals surface area contributed by atoms with Crippen molar-refractivity contribution in [2.45, 2.75) is 58.4 Å². The van der Waals surface area contributed by atoms with Gasteiger partial charge in [0.25, 0.3) is 8.32 Å². The molecule has 0 spiro atoms. The zero-order valence-electron chi connectivity index (χ0n) is 21.5. The van der Waals surface area contributed by atoms with Crippen molar-refractivity contribution in [3.8, 4) is 0 Å². The largest absolute Gasteiger partial charge is 0.446 e. The van der Waals surface area contributed by atoms with Gasteiger partial charge in [-0.2, -0.15) is 0 Å². The molecule has 0 aliphatic heterocycles. The van der Waals surface area contributed by atoms with Gasteiger partial charge >= 0.3 is 0 Å². The second-order valence-electron chi connectivity index (χ2n) is 10.4. The highest BCUT2D eigenvalue weighted by Crippen LogP contribution is 2.36. The van der Waals surface area contributed by atoms with Crippen LogP contribution in [-0.2, 0) is 10.8 Å². The minimum absolute atomic E-state index is 0.0235. The van der Waals surface area contributed by atoms with Gasteiger partial charge in [-0.1, -0.05) is 93.1 Å². The summed E-state index contributed by atoms with van der Waals surface area (Å²) in [6, 6.07) is 25.9. The molecule has 0 fully saturated rings. The Morgan fingerprint density at radius 3 is 2.23 bits per heavy atom. The molecule has 0 unspecified atom stereocenters. The molecule has 2 heterocycles. The minimum Gasteiger partial charge on any atom is -0.446 e. The van der Waals surface area contributed by atoms with Gasteiger partial charge in [0.15, 0.2) is 0 Å². The Hall–Kier alpha value is -2.95. The number of unbranched alkanes of at least 4 members (excludes halogenated alkanes) is 1. The number of benzene rings is 2. The lowest BCUT2D eigenvalue weighted by atomic mass is 10.1. The molecule has 4 heteroatoms. The zero-order chi connectivity index (χ0) is 24.7. The fourth-order valence-electron chi connectivity index (χ4n) is 4.90. The molecule has 4 rings (SSSR count). The number of allylic oxidation sites excluding steroid dienone is 2. The summed E-state index contributed by atoms with van der Waals surface area (Å²) in [5.41, 5.74) is 3.34. The standard InChI is InChI=1S/C31H37NO2Si/c1-25(18-19-26-23-27-20-22-33-30(27)32-24-26)13-11-12-21-34-35(31(2,3)4,28-14-7-5-8-15-28)29-16-9-6-10-17-29/h5-10,14-18,20,22-24H,11-13,19,21H2,1-4H3/b25-18+. The molecule has 0 radical (unpaired) electrons. The highest BCUT2D eigenvalue weighted by atomic mass is 28.4. The molecule has 0 bridgehead atoms. The van der Waals surface area contributed by atoms with Crippen LogP contribution in [0, 0.1) is 0 Å². The Bertz CT molecular complexity index is 1200. The highest BCUT2D eigenvalue weighted by Gasteiger charge is 2.49. The van der Waals surface area contributed by atoms with Gasteiger partial charge in [0.05, 0.1) is 6.26 Å². The third-order valence-corrected chi connectivity index (χ3v) is 11.8. The number of furan rings is 1. The number of rotatable bonds is 10. The number of pyridine rings is 1. The van der Waals surface area contributed by atoms with E-state index in [0.29, 0.717) is 5.71 Å². The second kappa shape index (κ2) is 11.2.